The van der Waals surface area contributed by atoms with E-state index in [4.69, 9.17) is 5.11 Å². The molecule has 1 aliphatic heterocycles. The maximum absolute atomic E-state index is 12.1. The number of hydrogen-bond donors (Lipinski definition) is 1. The number of benzene rings is 1. The Morgan fingerprint density at radius 3 is 2.77 bits per heavy atom. The number of carbonyl (C=O) groups excluding carboxylic acids is 1. The summed E-state index contributed by atoms with van der Waals surface area (Å²) in [6.45, 7) is -0.351. The van der Waals surface area contributed by atoms with E-state index in [1.807, 2.05) is 0 Å². The van der Waals surface area contributed by atoms with Crippen LogP contribution in [-0.2, 0) is 22.4 Å². The first-order valence-electron chi connectivity index (χ1n) is 7.87. The topological polar surface area (TPSA) is 70.0 Å². The number of amides is 1. The van der Waals surface area contributed by atoms with Gasteiger partial charge in [-0.25, -0.2) is 5.01 Å². The average molecular weight is 298 g/mol. The molecule has 1 aromatic carbocycles. The number of rotatable bonds is 3. The maximum atomic E-state index is 12.1. The Kier molecular flexibility index (Phi) is 3.03. The van der Waals surface area contributed by atoms with Crippen molar-refractivity contribution >= 4 is 17.6 Å². The van der Waals surface area contributed by atoms with Gasteiger partial charge in [-0.3, -0.25) is 9.59 Å². The van der Waals surface area contributed by atoms with Crippen molar-refractivity contribution in [2.75, 3.05) is 6.54 Å². The monoisotopic (exact) mass is 298 g/mol. The van der Waals surface area contributed by atoms with Gasteiger partial charge in [0.25, 0.3) is 0 Å². The Bertz CT molecular complexity index is 695. The molecule has 5 heteroatoms. The molecule has 0 bridgehead atoms. The molecule has 1 fully saturated rings. The second kappa shape index (κ2) is 4.93. The van der Waals surface area contributed by atoms with E-state index in [1.165, 1.54) is 24.0 Å². The van der Waals surface area contributed by atoms with Crippen molar-refractivity contribution < 1.29 is 14.7 Å². The van der Waals surface area contributed by atoms with Gasteiger partial charge in [0.15, 0.2) is 0 Å². The van der Waals surface area contributed by atoms with Gasteiger partial charge in [-0.15, -0.1) is 0 Å². The lowest BCUT2D eigenvalue weighted by Gasteiger charge is -2.23. The van der Waals surface area contributed by atoms with E-state index in [0.717, 1.165) is 35.5 Å². The lowest BCUT2D eigenvalue weighted by molar-refractivity contribution is -0.145. The summed E-state index contributed by atoms with van der Waals surface area (Å²) in [6.07, 6.45) is 5.50. The van der Waals surface area contributed by atoms with Crippen molar-refractivity contribution in [3.63, 3.8) is 0 Å². The fourth-order valence-corrected chi connectivity index (χ4v) is 3.62. The number of aryl methyl sites for hydroxylation is 2. The molecule has 2 unspecified atom stereocenters. The predicted molar refractivity (Wildman–Crippen MR) is 80.6 cm³/mol. The predicted octanol–water partition coefficient (Wildman–Crippen LogP) is 1.83. The highest BCUT2D eigenvalue weighted by atomic mass is 16.4. The fourth-order valence-electron chi connectivity index (χ4n) is 3.62. The van der Waals surface area contributed by atoms with Crippen LogP contribution in [0.3, 0.4) is 0 Å². The molecule has 1 N–H and O–H groups in total. The minimum Gasteiger partial charge on any atom is -0.480 e. The number of nitrogens with zero attached hydrogens (tertiary/aromatic N) is 2. The van der Waals surface area contributed by atoms with Gasteiger partial charge in [0.1, 0.15) is 6.54 Å². The van der Waals surface area contributed by atoms with Crippen molar-refractivity contribution in [2.45, 2.75) is 32.1 Å². The quantitative estimate of drug-likeness (QED) is 0.925. The molecular weight excluding hydrogens is 280 g/mol. The standard InChI is InChI=1S/C17H18N2O3/c20-15(21)9-19-17(22)14-8-13(14)16(18-19)12-6-5-10-3-1-2-4-11(10)7-12/h5-7,13-14H,1-4,8-9H2,(H,20,21). The lowest BCUT2D eigenvalue weighted by atomic mass is 9.89. The van der Waals surface area contributed by atoms with Gasteiger partial charge in [0, 0.05) is 11.8 Å². The molecule has 1 heterocycles. The molecule has 22 heavy (non-hydrogen) atoms. The zero-order valence-electron chi connectivity index (χ0n) is 12.3. The molecule has 2 atom stereocenters. The summed E-state index contributed by atoms with van der Waals surface area (Å²) in [4.78, 5) is 23.0. The van der Waals surface area contributed by atoms with E-state index in [9.17, 15) is 9.59 Å². The summed E-state index contributed by atoms with van der Waals surface area (Å²) in [5.41, 5.74) is 4.73. The van der Waals surface area contributed by atoms with Gasteiger partial charge in [0.2, 0.25) is 5.91 Å². The van der Waals surface area contributed by atoms with Crippen molar-refractivity contribution in [3.8, 4) is 0 Å². The summed E-state index contributed by atoms with van der Waals surface area (Å²) >= 11 is 0. The van der Waals surface area contributed by atoms with Crippen LogP contribution in [0, 0.1) is 11.8 Å². The van der Waals surface area contributed by atoms with Crippen LogP contribution in [0.15, 0.2) is 23.3 Å². The third-order valence-electron chi connectivity index (χ3n) is 4.87. The van der Waals surface area contributed by atoms with E-state index in [1.54, 1.807) is 0 Å². The lowest BCUT2D eigenvalue weighted by Crippen LogP contribution is -2.37. The summed E-state index contributed by atoms with van der Waals surface area (Å²) in [5, 5.41) is 14.4. The Balaban J connectivity index is 1.69. The number of aliphatic carboxylic acids is 1. The second-order valence-corrected chi connectivity index (χ2v) is 6.41. The van der Waals surface area contributed by atoms with Gasteiger partial charge in [-0.05, 0) is 54.9 Å². The van der Waals surface area contributed by atoms with Crippen LogP contribution in [0.5, 0.6) is 0 Å². The molecule has 0 saturated heterocycles. The number of hydrogen-bond acceptors (Lipinski definition) is 3. The first-order chi connectivity index (χ1) is 10.6. The Hall–Kier alpha value is -2.17. The van der Waals surface area contributed by atoms with Crippen LogP contribution >= 0.6 is 0 Å². The summed E-state index contributed by atoms with van der Waals surface area (Å²) in [7, 11) is 0. The van der Waals surface area contributed by atoms with E-state index >= 15 is 0 Å². The average Bonchev–Trinajstić information content (AvgIpc) is 3.30. The Morgan fingerprint density at radius 2 is 2.00 bits per heavy atom. The Morgan fingerprint density at radius 1 is 1.23 bits per heavy atom. The second-order valence-electron chi connectivity index (χ2n) is 6.41. The Labute approximate surface area is 128 Å². The molecule has 0 aromatic heterocycles. The number of fused-ring (bicyclic) bond motifs is 2. The summed E-state index contributed by atoms with van der Waals surface area (Å²) in [6, 6.07) is 6.44. The number of carboxylic acids is 1. The van der Waals surface area contributed by atoms with Crippen molar-refractivity contribution in [3.05, 3.63) is 34.9 Å². The molecule has 114 valence electrons. The van der Waals surface area contributed by atoms with E-state index in [2.05, 4.69) is 23.3 Å². The van der Waals surface area contributed by atoms with E-state index in [-0.39, 0.29) is 24.3 Å². The third-order valence-corrected chi connectivity index (χ3v) is 4.87. The number of carboxylic acid groups (broad SMARTS) is 1. The third kappa shape index (κ3) is 2.21. The molecule has 2 aliphatic carbocycles. The highest BCUT2D eigenvalue weighted by Crippen LogP contribution is 2.45. The van der Waals surface area contributed by atoms with Crippen LogP contribution in [-0.4, -0.2) is 34.2 Å². The number of hydrazone groups is 1. The first kappa shape index (κ1) is 13.5. The van der Waals surface area contributed by atoms with Crippen molar-refractivity contribution in [1.29, 1.82) is 0 Å². The van der Waals surface area contributed by atoms with E-state index < -0.39 is 5.97 Å². The van der Waals surface area contributed by atoms with Crippen LogP contribution in [0.2, 0.25) is 0 Å². The fraction of sp³-hybridized carbons (Fsp3) is 0.471. The smallest absolute Gasteiger partial charge is 0.325 e. The highest BCUT2D eigenvalue weighted by Gasteiger charge is 2.52. The molecule has 1 saturated carbocycles. The molecule has 0 radical (unpaired) electrons. The number of carbonyl (C=O) groups is 2. The minimum atomic E-state index is -1.03. The largest absolute Gasteiger partial charge is 0.480 e. The normalized spacial score (nSPS) is 26.1. The molecule has 5 nitrogen and oxygen atoms in total. The molecular formula is C17H18N2O3. The van der Waals surface area contributed by atoms with Gasteiger partial charge in [-0.2, -0.15) is 5.10 Å². The van der Waals surface area contributed by atoms with Crippen LogP contribution in [0.1, 0.15) is 36.0 Å². The van der Waals surface area contributed by atoms with Gasteiger partial charge >= 0.3 is 5.97 Å². The van der Waals surface area contributed by atoms with Crippen LogP contribution < -0.4 is 0 Å². The van der Waals surface area contributed by atoms with Crippen molar-refractivity contribution in [1.82, 2.24) is 5.01 Å². The molecule has 0 spiro atoms. The first-order valence-corrected chi connectivity index (χ1v) is 7.87. The van der Waals surface area contributed by atoms with Gasteiger partial charge in [-0.1, -0.05) is 12.1 Å². The minimum absolute atomic E-state index is 0.0668. The zero-order chi connectivity index (χ0) is 15.3. The van der Waals surface area contributed by atoms with Gasteiger partial charge in [0.05, 0.1) is 5.71 Å². The zero-order valence-corrected chi connectivity index (χ0v) is 12.3. The summed E-state index contributed by atoms with van der Waals surface area (Å²) in [5.74, 6) is -1.06. The van der Waals surface area contributed by atoms with Crippen molar-refractivity contribution in [2.24, 2.45) is 16.9 Å². The van der Waals surface area contributed by atoms with E-state index in [0.29, 0.717) is 0 Å². The van der Waals surface area contributed by atoms with Crippen LogP contribution in [0.25, 0.3) is 0 Å². The highest BCUT2D eigenvalue weighted by molar-refractivity contribution is 6.09. The van der Waals surface area contributed by atoms with Gasteiger partial charge < -0.3 is 5.11 Å². The molecule has 3 aliphatic rings. The SMILES string of the molecule is O=C(O)CN1N=C(c2ccc3c(c2)CCCC3)C2CC2C1=O. The molecule has 4 rings (SSSR count). The molecule has 1 aromatic rings. The molecule has 1 amide bonds. The maximum Gasteiger partial charge on any atom is 0.325 e. The van der Waals surface area contributed by atoms with Crippen LogP contribution in [0.4, 0.5) is 0 Å². The summed E-state index contributed by atoms with van der Waals surface area (Å²) < 4.78 is 0.